The quantitative estimate of drug-likeness (QED) is 0.601. The van der Waals surface area contributed by atoms with Crippen LogP contribution >= 0.6 is 0 Å². The molecule has 0 aromatic carbocycles. The molecule has 2 aromatic heterocycles. The summed E-state index contributed by atoms with van der Waals surface area (Å²) in [4.78, 5) is 32.6. The number of hydrogen-bond donors (Lipinski definition) is 1. The summed E-state index contributed by atoms with van der Waals surface area (Å²) in [7, 11) is 0. The molecule has 2 aromatic rings. The first-order valence-electron chi connectivity index (χ1n) is 10.1. The number of hydrogen-bond acceptors (Lipinski definition) is 5. The van der Waals surface area contributed by atoms with Gasteiger partial charge in [-0.05, 0) is 48.9 Å². The first kappa shape index (κ1) is 21.8. The number of pyridine rings is 2. The Morgan fingerprint density at radius 3 is 2.77 bits per heavy atom. The molecule has 1 aliphatic rings. The zero-order valence-electron chi connectivity index (χ0n) is 16.9. The fourth-order valence-corrected chi connectivity index (χ4v) is 3.13. The number of carbonyl (C=O) groups excluding carboxylic acids is 2. The predicted octanol–water partition coefficient (Wildman–Crippen LogP) is 3.84. The molecule has 1 aliphatic carbocycles. The molecule has 30 heavy (non-hydrogen) atoms. The number of Topliss-reactive ketones (excluding diaryl/α,β-unsaturated/α-hetero) is 1. The summed E-state index contributed by atoms with van der Waals surface area (Å²) in [5.41, 5.74) is 2.57. The highest BCUT2D eigenvalue weighted by molar-refractivity contribution is 5.94. The lowest BCUT2D eigenvalue weighted by Crippen LogP contribution is -2.23. The van der Waals surface area contributed by atoms with Gasteiger partial charge in [-0.15, -0.1) is 0 Å². The highest BCUT2D eigenvalue weighted by Crippen LogP contribution is 2.43. The van der Waals surface area contributed by atoms with Gasteiger partial charge in [0.25, 0.3) is 12.3 Å². The van der Waals surface area contributed by atoms with E-state index in [4.69, 9.17) is 4.74 Å². The number of alkyl halides is 2. The topological polar surface area (TPSA) is 81.2 Å². The molecule has 0 aliphatic heterocycles. The van der Waals surface area contributed by atoms with Crippen LogP contribution in [0.1, 0.15) is 65.7 Å². The van der Waals surface area contributed by atoms with E-state index in [9.17, 15) is 18.4 Å². The molecular weight excluding hydrogens is 392 g/mol. The number of ether oxygens (including phenoxy) is 1. The normalized spacial score (nSPS) is 13.3. The molecule has 1 N–H and O–H groups in total. The van der Waals surface area contributed by atoms with Crippen molar-refractivity contribution in [1.29, 1.82) is 0 Å². The standard InChI is InChI=1S/C22H25F2N3O3/c1-2-3-18(28)10-17-9-16(6-7-25-17)21(29)26-11-14-8-19(15-4-5-15)22(27-12-14)30-13-20(23)24/h6-9,12,15,20H,2-5,10-11,13H2,1H3,(H,26,29). The highest BCUT2D eigenvalue weighted by atomic mass is 19.3. The lowest BCUT2D eigenvalue weighted by molar-refractivity contribution is -0.118. The molecular formula is C22H25F2N3O3. The number of aromatic nitrogens is 2. The lowest BCUT2D eigenvalue weighted by atomic mass is 10.1. The van der Waals surface area contributed by atoms with Crippen molar-refractivity contribution in [2.45, 2.75) is 57.9 Å². The van der Waals surface area contributed by atoms with Crippen LogP contribution in [0.4, 0.5) is 8.78 Å². The summed E-state index contributed by atoms with van der Waals surface area (Å²) in [5.74, 6) is 0.315. The molecule has 8 heteroatoms. The van der Waals surface area contributed by atoms with Crippen molar-refractivity contribution in [2.24, 2.45) is 0 Å². The van der Waals surface area contributed by atoms with E-state index in [1.165, 1.54) is 12.4 Å². The van der Waals surface area contributed by atoms with Crippen LogP contribution in [0.5, 0.6) is 5.88 Å². The monoisotopic (exact) mass is 417 g/mol. The molecule has 3 rings (SSSR count). The van der Waals surface area contributed by atoms with Crippen molar-refractivity contribution >= 4 is 11.7 Å². The van der Waals surface area contributed by atoms with Crippen molar-refractivity contribution < 1.29 is 23.1 Å². The minimum Gasteiger partial charge on any atom is -0.471 e. The van der Waals surface area contributed by atoms with E-state index < -0.39 is 13.0 Å². The van der Waals surface area contributed by atoms with E-state index in [-0.39, 0.29) is 36.5 Å². The molecule has 1 saturated carbocycles. The number of carbonyl (C=O) groups is 2. The second-order valence-corrected chi connectivity index (χ2v) is 7.40. The minimum absolute atomic E-state index is 0.0930. The van der Waals surface area contributed by atoms with Crippen LogP contribution in [-0.4, -0.2) is 34.7 Å². The zero-order chi connectivity index (χ0) is 21.5. The summed E-state index contributed by atoms with van der Waals surface area (Å²) in [6, 6.07) is 5.07. The Hall–Kier alpha value is -2.90. The zero-order valence-corrected chi connectivity index (χ0v) is 16.9. The van der Waals surface area contributed by atoms with E-state index in [0.717, 1.165) is 30.4 Å². The van der Waals surface area contributed by atoms with Crippen LogP contribution in [0.3, 0.4) is 0 Å². The van der Waals surface area contributed by atoms with Gasteiger partial charge in [-0.25, -0.2) is 13.8 Å². The molecule has 1 amide bonds. The maximum absolute atomic E-state index is 12.5. The van der Waals surface area contributed by atoms with Crippen LogP contribution < -0.4 is 10.1 Å². The Labute approximate surface area is 174 Å². The Balaban J connectivity index is 1.62. The molecule has 0 atom stereocenters. The molecule has 1 fully saturated rings. The third-order valence-electron chi connectivity index (χ3n) is 4.74. The third-order valence-corrected chi connectivity index (χ3v) is 4.74. The van der Waals surface area contributed by atoms with Gasteiger partial charge in [0.2, 0.25) is 5.88 Å². The molecule has 0 radical (unpaired) electrons. The molecule has 160 valence electrons. The van der Waals surface area contributed by atoms with Crippen LogP contribution in [0.25, 0.3) is 0 Å². The molecule has 0 bridgehead atoms. The second-order valence-electron chi connectivity index (χ2n) is 7.40. The number of amides is 1. The summed E-state index contributed by atoms with van der Waals surface area (Å²) < 4.78 is 30.0. The summed E-state index contributed by atoms with van der Waals surface area (Å²) in [5, 5.41) is 2.82. The molecule has 2 heterocycles. The van der Waals surface area contributed by atoms with E-state index >= 15 is 0 Å². The van der Waals surface area contributed by atoms with E-state index in [2.05, 4.69) is 15.3 Å². The number of nitrogens with one attached hydrogen (secondary N) is 1. The average Bonchev–Trinajstić information content (AvgIpc) is 3.56. The third kappa shape index (κ3) is 6.30. The molecule has 0 spiro atoms. The summed E-state index contributed by atoms with van der Waals surface area (Å²) in [6.45, 7) is 1.50. The number of ketones is 1. The fourth-order valence-electron chi connectivity index (χ4n) is 3.13. The van der Waals surface area contributed by atoms with E-state index in [0.29, 0.717) is 17.7 Å². The Bertz CT molecular complexity index is 901. The highest BCUT2D eigenvalue weighted by Gasteiger charge is 2.28. The largest absolute Gasteiger partial charge is 0.471 e. The summed E-state index contributed by atoms with van der Waals surface area (Å²) >= 11 is 0. The maximum Gasteiger partial charge on any atom is 0.272 e. The number of halogens is 2. The average molecular weight is 417 g/mol. The Morgan fingerprint density at radius 2 is 2.07 bits per heavy atom. The van der Waals surface area contributed by atoms with Crippen LogP contribution in [0.2, 0.25) is 0 Å². The van der Waals surface area contributed by atoms with Gasteiger partial charge >= 0.3 is 0 Å². The first-order chi connectivity index (χ1) is 14.5. The number of rotatable bonds is 11. The first-order valence-corrected chi connectivity index (χ1v) is 10.1. The van der Waals surface area contributed by atoms with E-state index in [1.807, 2.05) is 13.0 Å². The molecule has 0 unspecified atom stereocenters. The maximum atomic E-state index is 12.5. The van der Waals surface area contributed by atoms with Gasteiger partial charge in [0.15, 0.2) is 6.61 Å². The fraction of sp³-hybridized carbons (Fsp3) is 0.455. The predicted molar refractivity (Wildman–Crippen MR) is 107 cm³/mol. The van der Waals surface area contributed by atoms with Gasteiger partial charge in [0, 0.05) is 48.6 Å². The van der Waals surface area contributed by atoms with Crippen LogP contribution in [-0.2, 0) is 17.8 Å². The summed E-state index contributed by atoms with van der Waals surface area (Å²) in [6.07, 6.45) is 3.91. The molecule has 0 saturated heterocycles. The minimum atomic E-state index is -2.56. The molecule has 6 nitrogen and oxygen atoms in total. The van der Waals surface area contributed by atoms with Gasteiger partial charge < -0.3 is 10.1 Å². The van der Waals surface area contributed by atoms with Gasteiger partial charge in [-0.1, -0.05) is 6.92 Å². The van der Waals surface area contributed by atoms with Crippen molar-refractivity contribution in [2.75, 3.05) is 6.61 Å². The van der Waals surface area contributed by atoms with Crippen molar-refractivity contribution in [3.8, 4) is 5.88 Å². The van der Waals surface area contributed by atoms with Gasteiger partial charge in [0.1, 0.15) is 5.78 Å². The number of nitrogens with zero attached hydrogens (tertiary/aromatic N) is 2. The van der Waals surface area contributed by atoms with Gasteiger partial charge in [-0.3, -0.25) is 14.6 Å². The van der Waals surface area contributed by atoms with Crippen molar-refractivity contribution in [3.05, 3.63) is 53.0 Å². The lowest BCUT2D eigenvalue weighted by Gasteiger charge is -2.12. The SMILES string of the molecule is CCCC(=O)Cc1cc(C(=O)NCc2cnc(OCC(F)F)c(C3CC3)c2)ccn1. The van der Waals surface area contributed by atoms with Gasteiger partial charge in [-0.2, -0.15) is 0 Å². The van der Waals surface area contributed by atoms with Gasteiger partial charge in [0.05, 0.1) is 0 Å². The second kappa shape index (κ2) is 10.2. The van der Waals surface area contributed by atoms with E-state index in [1.54, 1.807) is 12.1 Å². The van der Waals surface area contributed by atoms with Crippen LogP contribution in [0, 0.1) is 0 Å². The smallest absolute Gasteiger partial charge is 0.272 e. The van der Waals surface area contributed by atoms with Crippen LogP contribution in [0.15, 0.2) is 30.6 Å². The van der Waals surface area contributed by atoms with Crippen molar-refractivity contribution in [3.63, 3.8) is 0 Å². The Morgan fingerprint density at radius 1 is 1.27 bits per heavy atom. The van der Waals surface area contributed by atoms with Crippen molar-refractivity contribution in [1.82, 2.24) is 15.3 Å². The Kier molecular flexibility index (Phi) is 7.43.